The lowest BCUT2D eigenvalue weighted by Crippen LogP contribution is -2.19. The molecule has 3 aromatic rings. The number of nitrogens with zero attached hydrogens (tertiary/aromatic N) is 2. The minimum atomic E-state index is -0.490. The van der Waals surface area contributed by atoms with Crippen LogP contribution in [0.4, 0.5) is 10.1 Å². The first-order chi connectivity index (χ1) is 11.2. The number of hydrogen-bond donors (Lipinski definition) is 1. The van der Waals surface area contributed by atoms with Gasteiger partial charge in [-0.15, -0.1) is 0 Å². The highest BCUT2D eigenvalue weighted by Crippen LogP contribution is 2.30. The summed E-state index contributed by atoms with van der Waals surface area (Å²) in [4.78, 5) is 16.6. The number of aromatic nitrogens is 2. The summed E-state index contributed by atoms with van der Waals surface area (Å²) in [6.07, 6.45) is 1.58. The fourth-order valence-corrected chi connectivity index (χ4v) is 2.58. The predicted molar refractivity (Wildman–Crippen MR) is 82.2 cm³/mol. The zero-order chi connectivity index (χ0) is 15.8. The fraction of sp³-hybridized carbons (Fsp3) is 0.0588. The molecule has 0 saturated heterocycles. The van der Waals surface area contributed by atoms with Gasteiger partial charge >= 0.3 is 0 Å². The van der Waals surface area contributed by atoms with Crippen molar-refractivity contribution in [3.63, 3.8) is 0 Å². The average Bonchev–Trinajstić information content (AvgIpc) is 3.01. The monoisotopic (exact) mass is 309 g/mol. The number of carbonyl (C=O) groups is 1. The Balaban J connectivity index is 1.69. The van der Waals surface area contributed by atoms with E-state index < -0.39 is 11.7 Å². The number of amides is 1. The highest BCUT2D eigenvalue weighted by atomic mass is 19.1. The van der Waals surface area contributed by atoms with E-state index in [9.17, 15) is 9.18 Å². The van der Waals surface area contributed by atoms with Gasteiger partial charge < -0.3 is 10.1 Å². The number of ether oxygens (including phenoxy) is 1. The van der Waals surface area contributed by atoms with Crippen molar-refractivity contribution in [2.75, 3.05) is 5.32 Å². The summed E-state index contributed by atoms with van der Waals surface area (Å²) in [6, 6.07) is 13.5. The zero-order valence-corrected chi connectivity index (χ0v) is 12.0. The topological polar surface area (TPSA) is 56.2 Å². The van der Waals surface area contributed by atoms with Gasteiger partial charge in [0.1, 0.15) is 24.5 Å². The molecular weight excluding hydrogens is 297 g/mol. The molecule has 1 aliphatic rings. The van der Waals surface area contributed by atoms with E-state index in [2.05, 4.69) is 10.3 Å². The number of anilines is 1. The van der Waals surface area contributed by atoms with E-state index in [-0.39, 0.29) is 18.0 Å². The van der Waals surface area contributed by atoms with E-state index in [1.807, 2.05) is 28.8 Å². The molecular formula is C17H12FN3O2. The second-order valence-electron chi connectivity index (χ2n) is 5.10. The molecule has 0 bridgehead atoms. The maximum atomic E-state index is 13.7. The van der Waals surface area contributed by atoms with Gasteiger partial charge in [0.15, 0.2) is 5.69 Å². The van der Waals surface area contributed by atoms with Crippen molar-refractivity contribution in [1.29, 1.82) is 0 Å². The molecule has 0 fully saturated rings. The second-order valence-corrected chi connectivity index (χ2v) is 5.10. The van der Waals surface area contributed by atoms with Gasteiger partial charge in [-0.1, -0.05) is 24.3 Å². The molecule has 1 N–H and O–H groups in total. The number of imidazole rings is 1. The van der Waals surface area contributed by atoms with Crippen LogP contribution in [0.15, 0.2) is 54.9 Å². The van der Waals surface area contributed by atoms with Gasteiger partial charge in [-0.3, -0.25) is 9.36 Å². The van der Waals surface area contributed by atoms with Crippen LogP contribution in [-0.4, -0.2) is 15.5 Å². The van der Waals surface area contributed by atoms with Gasteiger partial charge in [0.05, 0.1) is 17.1 Å². The molecule has 0 atom stereocenters. The number of halogens is 1. The van der Waals surface area contributed by atoms with E-state index in [4.69, 9.17) is 4.74 Å². The molecule has 0 aliphatic carbocycles. The zero-order valence-electron chi connectivity index (χ0n) is 12.0. The summed E-state index contributed by atoms with van der Waals surface area (Å²) in [7, 11) is 0. The van der Waals surface area contributed by atoms with Crippen molar-refractivity contribution in [3.05, 3.63) is 72.1 Å². The normalized spacial score (nSPS) is 12.0. The Bertz CT molecular complexity index is 904. The van der Waals surface area contributed by atoms with Crippen LogP contribution in [0, 0.1) is 5.82 Å². The largest absolute Gasteiger partial charge is 0.485 e. The van der Waals surface area contributed by atoms with E-state index in [1.54, 1.807) is 18.5 Å². The first-order valence-corrected chi connectivity index (χ1v) is 7.08. The fourth-order valence-electron chi connectivity index (χ4n) is 2.58. The molecule has 4 rings (SSSR count). The molecule has 0 unspecified atom stereocenters. The molecule has 2 heterocycles. The third kappa shape index (κ3) is 2.24. The van der Waals surface area contributed by atoms with Crippen molar-refractivity contribution in [2.45, 2.75) is 6.61 Å². The minimum Gasteiger partial charge on any atom is -0.485 e. The maximum absolute atomic E-state index is 13.7. The Kier molecular flexibility index (Phi) is 3.08. The molecule has 0 saturated carbocycles. The quantitative estimate of drug-likeness (QED) is 0.791. The molecule has 23 heavy (non-hydrogen) atoms. The average molecular weight is 309 g/mol. The van der Waals surface area contributed by atoms with Gasteiger partial charge in [0, 0.05) is 0 Å². The third-order valence-corrected chi connectivity index (χ3v) is 3.69. The number of hydrogen-bond acceptors (Lipinski definition) is 3. The van der Waals surface area contributed by atoms with Crippen molar-refractivity contribution in [1.82, 2.24) is 9.55 Å². The Morgan fingerprint density at radius 2 is 1.96 bits per heavy atom. The smallest absolute Gasteiger partial charge is 0.276 e. The Hall–Kier alpha value is -3.15. The number of fused-ring (bicyclic) bond motifs is 3. The van der Waals surface area contributed by atoms with Crippen molar-refractivity contribution < 1.29 is 13.9 Å². The Morgan fingerprint density at radius 1 is 1.17 bits per heavy atom. The molecule has 1 amide bonds. The van der Waals surface area contributed by atoms with Gasteiger partial charge in [-0.2, -0.15) is 0 Å². The van der Waals surface area contributed by atoms with E-state index in [0.29, 0.717) is 5.69 Å². The summed E-state index contributed by atoms with van der Waals surface area (Å²) in [5.41, 5.74) is 1.81. The minimum absolute atomic E-state index is 0.122. The van der Waals surface area contributed by atoms with Crippen molar-refractivity contribution in [2.24, 2.45) is 0 Å². The summed E-state index contributed by atoms with van der Waals surface area (Å²) < 4.78 is 21.1. The highest BCUT2D eigenvalue weighted by Gasteiger charge is 2.24. The van der Waals surface area contributed by atoms with Gasteiger partial charge in [0.2, 0.25) is 0 Å². The third-order valence-electron chi connectivity index (χ3n) is 3.69. The van der Waals surface area contributed by atoms with Crippen molar-refractivity contribution >= 4 is 11.6 Å². The van der Waals surface area contributed by atoms with Crippen LogP contribution >= 0.6 is 0 Å². The van der Waals surface area contributed by atoms with E-state index in [1.165, 1.54) is 12.1 Å². The number of rotatable bonds is 2. The lowest BCUT2D eigenvalue weighted by atomic mass is 10.2. The lowest BCUT2D eigenvalue weighted by Gasteiger charge is -2.20. The first kappa shape index (κ1) is 13.5. The van der Waals surface area contributed by atoms with Gasteiger partial charge in [-0.05, 0) is 24.3 Å². The summed E-state index contributed by atoms with van der Waals surface area (Å²) >= 11 is 0. The molecule has 5 nitrogen and oxygen atoms in total. The molecule has 0 spiro atoms. The Labute approximate surface area is 131 Å². The van der Waals surface area contributed by atoms with Crippen LogP contribution < -0.4 is 10.1 Å². The summed E-state index contributed by atoms with van der Waals surface area (Å²) in [6.45, 7) is 0.233. The Morgan fingerprint density at radius 3 is 2.83 bits per heavy atom. The van der Waals surface area contributed by atoms with Crippen LogP contribution in [0.3, 0.4) is 0 Å². The molecule has 114 valence electrons. The molecule has 1 aliphatic heterocycles. The summed E-state index contributed by atoms with van der Waals surface area (Å²) in [5.74, 6) is -0.221. The lowest BCUT2D eigenvalue weighted by molar-refractivity contribution is 0.101. The number of benzene rings is 2. The van der Waals surface area contributed by atoms with Gasteiger partial charge in [-0.25, -0.2) is 9.37 Å². The van der Waals surface area contributed by atoms with Crippen LogP contribution in [-0.2, 0) is 6.61 Å². The van der Waals surface area contributed by atoms with Crippen molar-refractivity contribution in [3.8, 4) is 11.4 Å². The SMILES string of the molecule is O=C(Nc1ccccc1F)c1ncn2c1COc1ccccc1-2. The molecule has 2 aromatic carbocycles. The van der Waals surface area contributed by atoms with Crippen LogP contribution in [0.25, 0.3) is 5.69 Å². The van der Waals surface area contributed by atoms with Crippen LogP contribution in [0.1, 0.15) is 16.2 Å². The molecule has 6 heteroatoms. The van der Waals surface area contributed by atoms with E-state index >= 15 is 0 Å². The molecule has 0 radical (unpaired) electrons. The molecule has 1 aromatic heterocycles. The maximum Gasteiger partial charge on any atom is 0.276 e. The standard InChI is InChI=1S/C17H12FN3O2/c18-11-5-1-2-6-12(11)20-17(22)16-14-9-23-15-8-4-3-7-13(15)21(14)10-19-16/h1-8,10H,9H2,(H,20,22). The highest BCUT2D eigenvalue weighted by molar-refractivity contribution is 6.03. The first-order valence-electron chi connectivity index (χ1n) is 7.08. The number of carbonyl (C=O) groups excluding carboxylic acids is 1. The van der Waals surface area contributed by atoms with Crippen LogP contribution in [0.2, 0.25) is 0 Å². The summed E-state index contributed by atoms with van der Waals surface area (Å²) in [5, 5.41) is 2.54. The second kappa shape index (κ2) is 5.24. The predicted octanol–water partition coefficient (Wildman–Crippen LogP) is 3.16. The number of para-hydroxylation sites is 3. The van der Waals surface area contributed by atoms with Gasteiger partial charge in [0.25, 0.3) is 5.91 Å². The number of nitrogens with one attached hydrogen (secondary N) is 1. The van der Waals surface area contributed by atoms with E-state index in [0.717, 1.165) is 11.4 Å². The van der Waals surface area contributed by atoms with Crippen LogP contribution in [0.5, 0.6) is 5.75 Å².